The quantitative estimate of drug-likeness (QED) is 0.660. The molecule has 8 heteroatoms. The minimum Gasteiger partial charge on any atom is -0.383 e. The third kappa shape index (κ3) is 5.25. The lowest BCUT2D eigenvalue weighted by Crippen LogP contribution is -2.43. The maximum atomic E-state index is 13.0. The van der Waals surface area contributed by atoms with E-state index in [1.807, 2.05) is 17.0 Å². The van der Waals surface area contributed by atoms with Gasteiger partial charge >= 0.3 is 0 Å². The first-order valence-corrected chi connectivity index (χ1v) is 12.0. The van der Waals surface area contributed by atoms with Crippen molar-refractivity contribution in [3.63, 3.8) is 0 Å². The Morgan fingerprint density at radius 2 is 2.16 bits per heavy atom. The Morgan fingerprint density at radius 3 is 2.97 bits per heavy atom. The summed E-state index contributed by atoms with van der Waals surface area (Å²) >= 11 is 1.37. The highest BCUT2D eigenvalue weighted by atomic mass is 32.1. The second-order valence-electron chi connectivity index (χ2n) is 8.36. The van der Waals surface area contributed by atoms with Gasteiger partial charge in [0.05, 0.1) is 19.8 Å². The molecule has 4 rings (SSSR count). The average Bonchev–Trinajstić information content (AvgIpc) is 3.20. The number of rotatable bonds is 7. The zero-order chi connectivity index (χ0) is 21.6. The first-order chi connectivity index (χ1) is 15.2. The number of nitrogens with one attached hydrogen (secondary N) is 1. The fraction of sp³-hybridized carbons (Fsp3) is 0.609. The van der Waals surface area contributed by atoms with E-state index in [4.69, 9.17) is 9.47 Å². The fourth-order valence-electron chi connectivity index (χ4n) is 4.60. The van der Waals surface area contributed by atoms with Crippen molar-refractivity contribution in [1.82, 2.24) is 15.2 Å². The number of methoxy groups -OCH3 is 1. The van der Waals surface area contributed by atoms with E-state index in [1.54, 1.807) is 13.3 Å². The van der Waals surface area contributed by atoms with Crippen molar-refractivity contribution in [2.45, 2.75) is 44.6 Å². The smallest absolute Gasteiger partial charge is 0.261 e. The third-order valence-electron chi connectivity index (χ3n) is 6.23. The topological polar surface area (TPSA) is 80.8 Å². The van der Waals surface area contributed by atoms with E-state index in [0.717, 1.165) is 28.6 Å². The molecule has 0 aromatic carbocycles. The minimum atomic E-state index is -0.329. The highest BCUT2D eigenvalue weighted by Crippen LogP contribution is 2.37. The van der Waals surface area contributed by atoms with Crippen molar-refractivity contribution in [2.24, 2.45) is 5.92 Å². The van der Waals surface area contributed by atoms with Crippen LogP contribution in [0.3, 0.4) is 0 Å². The van der Waals surface area contributed by atoms with Crippen molar-refractivity contribution >= 4 is 33.4 Å². The summed E-state index contributed by atoms with van der Waals surface area (Å²) in [5.74, 6) is 0.573. The van der Waals surface area contributed by atoms with E-state index in [1.165, 1.54) is 30.6 Å². The van der Waals surface area contributed by atoms with E-state index in [9.17, 15) is 9.59 Å². The first-order valence-electron chi connectivity index (χ1n) is 11.2. The largest absolute Gasteiger partial charge is 0.383 e. The molecule has 1 aliphatic heterocycles. The normalized spacial score (nSPS) is 20.2. The molecular formula is C23H31N3O4S. The molecule has 3 heterocycles. The number of fused-ring (bicyclic) bond motifs is 1. The predicted molar refractivity (Wildman–Crippen MR) is 120 cm³/mol. The minimum absolute atomic E-state index is 0.149. The molecule has 2 aromatic heterocycles. The Bertz CT molecular complexity index is 909. The van der Waals surface area contributed by atoms with Crippen LogP contribution in [0.4, 0.5) is 0 Å². The molecular weight excluding hydrogens is 414 g/mol. The lowest BCUT2D eigenvalue weighted by Gasteiger charge is -2.34. The van der Waals surface area contributed by atoms with Gasteiger partial charge in [-0.2, -0.15) is 0 Å². The number of thiophene rings is 1. The number of hydrogen-bond donors (Lipinski definition) is 1. The van der Waals surface area contributed by atoms with Gasteiger partial charge in [0.15, 0.2) is 0 Å². The predicted octanol–water partition coefficient (Wildman–Crippen LogP) is 3.54. The summed E-state index contributed by atoms with van der Waals surface area (Å²) in [6, 6.07) is 3.85. The van der Waals surface area contributed by atoms with Gasteiger partial charge in [0, 0.05) is 43.8 Å². The number of aromatic nitrogens is 1. The molecule has 2 fully saturated rings. The van der Waals surface area contributed by atoms with Gasteiger partial charge in [-0.25, -0.2) is 4.98 Å². The summed E-state index contributed by atoms with van der Waals surface area (Å²) in [7, 11) is 1.61. The molecule has 7 nitrogen and oxygen atoms in total. The van der Waals surface area contributed by atoms with Gasteiger partial charge in [-0.3, -0.25) is 9.59 Å². The molecule has 0 bridgehead atoms. The van der Waals surface area contributed by atoms with Crippen LogP contribution >= 0.6 is 11.3 Å². The molecule has 2 amide bonds. The number of ether oxygens (including phenoxy) is 2. The molecule has 31 heavy (non-hydrogen) atoms. The second-order valence-corrected chi connectivity index (χ2v) is 9.36. The summed E-state index contributed by atoms with van der Waals surface area (Å²) in [4.78, 5) is 33.7. The molecule has 1 saturated carbocycles. The van der Waals surface area contributed by atoms with E-state index in [-0.39, 0.29) is 17.9 Å². The molecule has 1 N–H and O–H groups in total. The van der Waals surface area contributed by atoms with Crippen LogP contribution < -0.4 is 5.32 Å². The van der Waals surface area contributed by atoms with Gasteiger partial charge < -0.3 is 19.7 Å². The number of nitrogens with zero attached hydrogens (tertiary/aromatic N) is 2. The summed E-state index contributed by atoms with van der Waals surface area (Å²) in [5.41, 5.74) is 0.846. The SMILES string of the molecule is COCCNC(=O)c1sc2ncccc2c1[C@H]1CN(C(=O)CC2CCCCC2)CCO1. The summed E-state index contributed by atoms with van der Waals surface area (Å²) in [6.45, 7) is 2.45. The van der Waals surface area contributed by atoms with Crippen molar-refractivity contribution in [2.75, 3.05) is 40.0 Å². The first kappa shape index (κ1) is 22.2. The summed E-state index contributed by atoms with van der Waals surface area (Å²) in [6.07, 6.45) is 8.11. The van der Waals surface area contributed by atoms with Crippen LogP contribution in [0.25, 0.3) is 10.2 Å². The number of pyridine rings is 1. The van der Waals surface area contributed by atoms with Crippen molar-refractivity contribution in [1.29, 1.82) is 0 Å². The van der Waals surface area contributed by atoms with Crippen LogP contribution in [0, 0.1) is 5.92 Å². The Labute approximate surface area is 187 Å². The van der Waals surface area contributed by atoms with Crippen LogP contribution in [0.1, 0.15) is 59.9 Å². The maximum absolute atomic E-state index is 13.0. The molecule has 0 spiro atoms. The lowest BCUT2D eigenvalue weighted by atomic mass is 9.86. The monoisotopic (exact) mass is 445 g/mol. The van der Waals surface area contributed by atoms with Crippen molar-refractivity contribution in [3.05, 3.63) is 28.8 Å². The zero-order valence-corrected chi connectivity index (χ0v) is 18.9. The van der Waals surface area contributed by atoms with Crippen LogP contribution in [-0.2, 0) is 14.3 Å². The molecule has 1 atom stereocenters. The Balaban J connectivity index is 1.53. The Hall–Kier alpha value is -2.03. The molecule has 1 aliphatic carbocycles. The van der Waals surface area contributed by atoms with Gasteiger partial charge in [-0.1, -0.05) is 25.3 Å². The molecule has 0 radical (unpaired) electrons. The van der Waals surface area contributed by atoms with Crippen LogP contribution in [0.15, 0.2) is 18.3 Å². The van der Waals surface area contributed by atoms with Crippen LogP contribution in [-0.4, -0.2) is 61.7 Å². The van der Waals surface area contributed by atoms with Gasteiger partial charge in [-0.15, -0.1) is 11.3 Å². The molecule has 168 valence electrons. The summed E-state index contributed by atoms with van der Waals surface area (Å²) in [5, 5.41) is 3.84. The van der Waals surface area contributed by atoms with Crippen LogP contribution in [0.2, 0.25) is 0 Å². The molecule has 1 saturated heterocycles. The lowest BCUT2D eigenvalue weighted by molar-refractivity contribution is -0.140. The van der Waals surface area contributed by atoms with Gasteiger partial charge in [0.1, 0.15) is 15.8 Å². The van der Waals surface area contributed by atoms with Gasteiger partial charge in [0.2, 0.25) is 5.91 Å². The number of carbonyl (C=O) groups is 2. The highest BCUT2D eigenvalue weighted by molar-refractivity contribution is 7.20. The maximum Gasteiger partial charge on any atom is 0.261 e. The van der Waals surface area contributed by atoms with Gasteiger partial charge in [0.25, 0.3) is 5.91 Å². The third-order valence-corrected chi connectivity index (χ3v) is 7.36. The highest BCUT2D eigenvalue weighted by Gasteiger charge is 2.32. The summed E-state index contributed by atoms with van der Waals surface area (Å²) < 4.78 is 11.1. The Kier molecular flexibility index (Phi) is 7.53. The molecule has 2 aliphatic rings. The fourth-order valence-corrected chi connectivity index (χ4v) is 5.72. The van der Waals surface area contributed by atoms with E-state index >= 15 is 0 Å². The van der Waals surface area contributed by atoms with Crippen molar-refractivity contribution in [3.8, 4) is 0 Å². The van der Waals surface area contributed by atoms with E-state index < -0.39 is 0 Å². The van der Waals surface area contributed by atoms with Crippen molar-refractivity contribution < 1.29 is 19.1 Å². The number of amides is 2. The average molecular weight is 446 g/mol. The molecule has 0 unspecified atom stereocenters. The standard InChI is InChI=1S/C23H31N3O4S/c1-29-12-10-24-22(28)21-20(17-8-5-9-25-23(17)31-21)18-15-26(11-13-30-18)19(27)14-16-6-3-2-4-7-16/h5,8-9,16,18H,2-4,6-7,10-15H2,1H3,(H,24,28)/t18-/m1/s1. The zero-order valence-electron chi connectivity index (χ0n) is 18.1. The number of hydrogen-bond acceptors (Lipinski definition) is 6. The number of carbonyl (C=O) groups excluding carboxylic acids is 2. The Morgan fingerprint density at radius 1 is 1.32 bits per heavy atom. The van der Waals surface area contributed by atoms with Crippen LogP contribution in [0.5, 0.6) is 0 Å². The van der Waals surface area contributed by atoms with E-state index in [0.29, 0.717) is 50.1 Å². The van der Waals surface area contributed by atoms with Gasteiger partial charge in [-0.05, 0) is 24.8 Å². The molecule has 2 aromatic rings. The number of morpholine rings is 1. The van der Waals surface area contributed by atoms with E-state index in [2.05, 4.69) is 10.3 Å². The second kappa shape index (κ2) is 10.5.